The number of urea groups is 1. The molecule has 176 valence electrons. The predicted octanol–water partition coefficient (Wildman–Crippen LogP) is 4.95. The molecule has 2 aromatic rings. The van der Waals surface area contributed by atoms with Gasteiger partial charge in [0.05, 0.1) is 11.4 Å². The maximum atomic E-state index is 13.0. The van der Waals surface area contributed by atoms with E-state index in [-0.39, 0.29) is 29.9 Å². The van der Waals surface area contributed by atoms with Gasteiger partial charge in [0, 0.05) is 24.1 Å². The van der Waals surface area contributed by atoms with E-state index < -0.39 is 0 Å². The summed E-state index contributed by atoms with van der Waals surface area (Å²) in [7, 11) is 0. The molecule has 2 rings (SSSR count). The molecule has 0 bridgehead atoms. The number of carbonyl (C=O) groups is 2. The van der Waals surface area contributed by atoms with Crippen molar-refractivity contribution >= 4 is 17.8 Å². The second kappa shape index (κ2) is 10.7. The highest BCUT2D eigenvalue weighted by molar-refractivity contribution is 5.94. The zero-order valence-corrected chi connectivity index (χ0v) is 20.9. The van der Waals surface area contributed by atoms with Crippen LogP contribution in [0.15, 0.2) is 24.3 Å². The Balaban J connectivity index is 2.30. The minimum absolute atomic E-state index is 0.0293. The van der Waals surface area contributed by atoms with E-state index in [2.05, 4.69) is 58.2 Å². The Kier molecular flexibility index (Phi) is 8.47. The molecule has 1 heterocycles. The molecule has 0 saturated carbocycles. The molecule has 0 aliphatic rings. The first-order valence-corrected chi connectivity index (χ1v) is 11.5. The quantitative estimate of drug-likeness (QED) is 0.569. The lowest BCUT2D eigenvalue weighted by Crippen LogP contribution is -2.47. The lowest BCUT2D eigenvalue weighted by molar-refractivity contribution is -0.117. The molecular formula is C25H39N5O2. The summed E-state index contributed by atoms with van der Waals surface area (Å²) in [4.78, 5) is 27.1. The second-order valence-corrected chi connectivity index (χ2v) is 9.65. The van der Waals surface area contributed by atoms with Crippen molar-refractivity contribution in [3.8, 4) is 5.69 Å². The normalized spacial score (nSPS) is 11.5. The highest BCUT2D eigenvalue weighted by atomic mass is 16.2. The monoisotopic (exact) mass is 441 g/mol. The molecule has 0 spiro atoms. The molecular weight excluding hydrogens is 402 g/mol. The van der Waals surface area contributed by atoms with Crippen LogP contribution in [0, 0.1) is 13.8 Å². The number of amides is 3. The summed E-state index contributed by atoms with van der Waals surface area (Å²) in [6, 6.07) is 7.64. The molecule has 1 aromatic carbocycles. The zero-order chi connectivity index (χ0) is 24.1. The molecule has 0 aliphatic heterocycles. The first kappa shape index (κ1) is 25.4. The third-order valence-electron chi connectivity index (χ3n) is 5.55. The first-order chi connectivity index (χ1) is 15.0. The Bertz CT molecular complexity index is 940. The third-order valence-corrected chi connectivity index (χ3v) is 5.55. The molecule has 2 N–H and O–H groups in total. The van der Waals surface area contributed by atoms with E-state index in [0.717, 1.165) is 35.3 Å². The van der Waals surface area contributed by atoms with Crippen molar-refractivity contribution in [2.45, 2.75) is 79.7 Å². The number of anilines is 1. The number of unbranched alkanes of at least 4 members (excludes halogenated alkanes) is 1. The van der Waals surface area contributed by atoms with Crippen LogP contribution in [0.5, 0.6) is 0 Å². The van der Waals surface area contributed by atoms with Gasteiger partial charge < -0.3 is 15.5 Å². The van der Waals surface area contributed by atoms with Crippen LogP contribution < -0.4 is 10.6 Å². The topological polar surface area (TPSA) is 79.3 Å². The number of hydrogen-bond donors (Lipinski definition) is 2. The van der Waals surface area contributed by atoms with Gasteiger partial charge in [0.2, 0.25) is 5.91 Å². The third kappa shape index (κ3) is 6.34. The number of carbonyl (C=O) groups excluding carboxylic acids is 2. The number of rotatable bonds is 8. The molecule has 0 aliphatic carbocycles. The van der Waals surface area contributed by atoms with Gasteiger partial charge in [-0.1, -0.05) is 46.2 Å². The standard InChI is InChI=1S/C25H39N5O2/c1-9-10-14-26-24(32)29(17(2)3)16-23(31)27-22-15-21(25(6,7)8)28-30(22)20-13-11-12-18(4)19(20)5/h11-13,15,17H,9-10,14,16H2,1-8H3,(H,26,32)(H,27,31). The summed E-state index contributed by atoms with van der Waals surface area (Å²) in [6.45, 7) is 16.9. The van der Waals surface area contributed by atoms with Gasteiger partial charge in [0.25, 0.3) is 0 Å². The molecule has 0 saturated heterocycles. The Morgan fingerprint density at radius 3 is 2.47 bits per heavy atom. The van der Waals surface area contributed by atoms with Crippen molar-refractivity contribution in [1.82, 2.24) is 20.0 Å². The van der Waals surface area contributed by atoms with Gasteiger partial charge in [-0.05, 0) is 51.3 Å². The molecule has 0 radical (unpaired) electrons. The van der Waals surface area contributed by atoms with Crippen molar-refractivity contribution in [3.05, 3.63) is 41.1 Å². The van der Waals surface area contributed by atoms with Gasteiger partial charge in [-0.3, -0.25) is 4.79 Å². The fourth-order valence-corrected chi connectivity index (χ4v) is 3.28. The smallest absolute Gasteiger partial charge is 0.318 e. The van der Waals surface area contributed by atoms with Crippen LogP contribution in [-0.4, -0.2) is 45.8 Å². The molecule has 0 atom stereocenters. The van der Waals surface area contributed by atoms with Crippen LogP contribution in [0.2, 0.25) is 0 Å². The van der Waals surface area contributed by atoms with Gasteiger partial charge in [-0.25, -0.2) is 9.48 Å². The highest BCUT2D eigenvalue weighted by Crippen LogP contribution is 2.28. The predicted molar refractivity (Wildman–Crippen MR) is 131 cm³/mol. The van der Waals surface area contributed by atoms with E-state index in [9.17, 15) is 9.59 Å². The number of benzene rings is 1. The number of nitrogens with zero attached hydrogens (tertiary/aromatic N) is 3. The lowest BCUT2D eigenvalue weighted by atomic mass is 9.92. The van der Waals surface area contributed by atoms with Crippen LogP contribution in [0.25, 0.3) is 5.69 Å². The summed E-state index contributed by atoms with van der Waals surface area (Å²) in [5, 5.41) is 10.7. The van der Waals surface area contributed by atoms with Gasteiger partial charge in [0.15, 0.2) is 0 Å². The summed E-state index contributed by atoms with van der Waals surface area (Å²) < 4.78 is 1.79. The van der Waals surface area contributed by atoms with E-state index in [1.165, 1.54) is 0 Å². The van der Waals surface area contributed by atoms with E-state index in [4.69, 9.17) is 5.10 Å². The Morgan fingerprint density at radius 2 is 1.88 bits per heavy atom. The van der Waals surface area contributed by atoms with Gasteiger partial charge in [0.1, 0.15) is 12.4 Å². The fraction of sp³-hybridized carbons (Fsp3) is 0.560. The molecule has 32 heavy (non-hydrogen) atoms. The minimum Gasteiger partial charge on any atom is -0.338 e. The largest absolute Gasteiger partial charge is 0.338 e. The number of hydrogen-bond acceptors (Lipinski definition) is 3. The molecule has 1 aromatic heterocycles. The van der Waals surface area contributed by atoms with Crippen LogP contribution in [0.1, 0.15) is 71.2 Å². The van der Waals surface area contributed by atoms with Crippen LogP contribution in [0.4, 0.5) is 10.6 Å². The summed E-state index contributed by atoms with van der Waals surface area (Å²) in [6.07, 6.45) is 1.91. The van der Waals surface area contributed by atoms with E-state index in [0.29, 0.717) is 12.4 Å². The second-order valence-electron chi connectivity index (χ2n) is 9.65. The SMILES string of the molecule is CCCCNC(=O)N(CC(=O)Nc1cc(C(C)(C)C)nn1-c1cccc(C)c1C)C(C)C. The van der Waals surface area contributed by atoms with E-state index in [1.807, 2.05) is 32.0 Å². The van der Waals surface area contributed by atoms with E-state index >= 15 is 0 Å². The number of nitrogens with one attached hydrogen (secondary N) is 2. The maximum Gasteiger partial charge on any atom is 0.318 e. The number of aryl methyl sites for hydroxylation is 1. The van der Waals surface area contributed by atoms with Crippen molar-refractivity contribution in [2.24, 2.45) is 0 Å². The Morgan fingerprint density at radius 1 is 1.19 bits per heavy atom. The van der Waals surface area contributed by atoms with Gasteiger partial charge in [-0.15, -0.1) is 0 Å². The Labute approximate surface area is 192 Å². The van der Waals surface area contributed by atoms with Gasteiger partial charge in [-0.2, -0.15) is 5.10 Å². The van der Waals surface area contributed by atoms with Crippen LogP contribution in [0.3, 0.4) is 0 Å². The number of aromatic nitrogens is 2. The van der Waals surface area contributed by atoms with Crippen molar-refractivity contribution in [2.75, 3.05) is 18.4 Å². The molecule has 0 fully saturated rings. The van der Waals surface area contributed by atoms with E-state index in [1.54, 1.807) is 9.58 Å². The first-order valence-electron chi connectivity index (χ1n) is 11.5. The zero-order valence-electron chi connectivity index (χ0n) is 20.9. The summed E-state index contributed by atoms with van der Waals surface area (Å²) in [5.74, 6) is 0.347. The minimum atomic E-state index is -0.253. The molecule has 0 unspecified atom stereocenters. The maximum absolute atomic E-state index is 13.0. The molecule has 7 heteroatoms. The van der Waals surface area contributed by atoms with Crippen molar-refractivity contribution < 1.29 is 9.59 Å². The van der Waals surface area contributed by atoms with Crippen LogP contribution >= 0.6 is 0 Å². The van der Waals surface area contributed by atoms with Crippen molar-refractivity contribution in [3.63, 3.8) is 0 Å². The summed E-state index contributed by atoms with van der Waals surface area (Å²) >= 11 is 0. The highest BCUT2D eigenvalue weighted by Gasteiger charge is 2.24. The average molecular weight is 442 g/mol. The summed E-state index contributed by atoms with van der Waals surface area (Å²) in [5.41, 5.74) is 3.89. The molecule has 3 amide bonds. The average Bonchev–Trinajstić information content (AvgIpc) is 3.12. The lowest BCUT2D eigenvalue weighted by Gasteiger charge is -2.26. The molecule has 7 nitrogen and oxygen atoms in total. The Hall–Kier alpha value is -2.83. The van der Waals surface area contributed by atoms with Crippen LogP contribution in [-0.2, 0) is 10.2 Å². The fourth-order valence-electron chi connectivity index (χ4n) is 3.28. The van der Waals surface area contributed by atoms with Crippen molar-refractivity contribution in [1.29, 1.82) is 0 Å². The van der Waals surface area contributed by atoms with Gasteiger partial charge >= 0.3 is 6.03 Å².